The lowest BCUT2D eigenvalue weighted by Crippen LogP contribution is -2.37. The van der Waals surface area contributed by atoms with E-state index < -0.39 is 26.8 Å². The highest BCUT2D eigenvalue weighted by molar-refractivity contribution is 8.14. The SMILES string of the molecule is NC(=O)NC(=O)Cn1cc(S(=O)(=O)Cl)c2cc(F)ccc21. The number of aromatic nitrogens is 1. The van der Waals surface area contributed by atoms with Gasteiger partial charge in [0.1, 0.15) is 17.3 Å². The van der Waals surface area contributed by atoms with Gasteiger partial charge in [-0.2, -0.15) is 0 Å². The van der Waals surface area contributed by atoms with Crippen LogP contribution in [0.3, 0.4) is 0 Å². The first-order valence-corrected chi connectivity index (χ1v) is 7.82. The lowest BCUT2D eigenvalue weighted by atomic mass is 10.2. The van der Waals surface area contributed by atoms with Crippen molar-refractivity contribution in [2.45, 2.75) is 11.4 Å². The number of carbonyl (C=O) groups excluding carboxylic acids is 2. The lowest BCUT2D eigenvalue weighted by Gasteiger charge is -2.04. The summed E-state index contributed by atoms with van der Waals surface area (Å²) in [5.41, 5.74) is 5.08. The predicted molar refractivity (Wildman–Crippen MR) is 72.7 cm³/mol. The van der Waals surface area contributed by atoms with Gasteiger partial charge in [0, 0.05) is 22.3 Å². The van der Waals surface area contributed by atoms with Gasteiger partial charge in [-0.15, -0.1) is 0 Å². The number of nitrogens with one attached hydrogen (secondary N) is 1. The molecule has 0 aliphatic carbocycles. The van der Waals surface area contributed by atoms with Crippen LogP contribution in [0.1, 0.15) is 0 Å². The maximum absolute atomic E-state index is 13.3. The number of rotatable bonds is 3. The van der Waals surface area contributed by atoms with Crippen LogP contribution in [0.2, 0.25) is 0 Å². The minimum absolute atomic E-state index is 0.0388. The number of fused-ring (bicyclic) bond motifs is 1. The summed E-state index contributed by atoms with van der Waals surface area (Å²) in [5.74, 6) is -1.40. The first-order chi connectivity index (χ1) is 9.68. The molecule has 2 rings (SSSR count). The number of carbonyl (C=O) groups is 2. The van der Waals surface area contributed by atoms with Crippen molar-refractivity contribution < 1.29 is 22.4 Å². The summed E-state index contributed by atoms with van der Waals surface area (Å²) in [6.45, 7) is -0.377. The minimum Gasteiger partial charge on any atom is -0.351 e. The van der Waals surface area contributed by atoms with Gasteiger partial charge in [-0.1, -0.05) is 0 Å². The summed E-state index contributed by atoms with van der Waals surface area (Å²) in [4.78, 5) is 21.8. The predicted octanol–water partition coefficient (Wildman–Crippen LogP) is 0.903. The maximum atomic E-state index is 13.3. The van der Waals surface area contributed by atoms with E-state index in [1.54, 1.807) is 0 Å². The average Bonchev–Trinajstić information content (AvgIpc) is 2.65. The van der Waals surface area contributed by atoms with Crippen molar-refractivity contribution in [3.63, 3.8) is 0 Å². The molecule has 0 aliphatic heterocycles. The van der Waals surface area contributed by atoms with Crippen molar-refractivity contribution in [2.75, 3.05) is 0 Å². The van der Waals surface area contributed by atoms with E-state index in [9.17, 15) is 22.4 Å². The number of nitrogens with zero attached hydrogens (tertiary/aromatic N) is 1. The largest absolute Gasteiger partial charge is 0.351 e. The molecule has 10 heteroatoms. The molecular weight excluding hydrogens is 325 g/mol. The summed E-state index contributed by atoms with van der Waals surface area (Å²) < 4.78 is 37.5. The molecule has 21 heavy (non-hydrogen) atoms. The lowest BCUT2D eigenvalue weighted by molar-refractivity contribution is -0.120. The van der Waals surface area contributed by atoms with Gasteiger partial charge in [-0.25, -0.2) is 17.6 Å². The Bertz CT molecular complexity index is 847. The Balaban J connectivity index is 2.55. The van der Waals surface area contributed by atoms with Gasteiger partial charge in [-0.05, 0) is 18.2 Å². The third-order valence-corrected chi connectivity index (χ3v) is 4.00. The van der Waals surface area contributed by atoms with Crippen LogP contribution in [0, 0.1) is 5.82 Å². The molecule has 0 aliphatic rings. The zero-order valence-corrected chi connectivity index (χ0v) is 11.9. The molecule has 0 saturated carbocycles. The van der Waals surface area contributed by atoms with Gasteiger partial charge in [-0.3, -0.25) is 10.1 Å². The van der Waals surface area contributed by atoms with E-state index in [2.05, 4.69) is 0 Å². The zero-order chi connectivity index (χ0) is 15.8. The van der Waals surface area contributed by atoms with Gasteiger partial charge in [0.25, 0.3) is 9.05 Å². The number of halogens is 2. The highest BCUT2D eigenvalue weighted by Crippen LogP contribution is 2.28. The summed E-state index contributed by atoms with van der Waals surface area (Å²) in [7, 11) is 1.16. The Morgan fingerprint density at radius 2 is 2.05 bits per heavy atom. The second-order valence-electron chi connectivity index (χ2n) is 4.13. The monoisotopic (exact) mass is 333 g/mol. The molecule has 1 heterocycles. The van der Waals surface area contributed by atoms with Crippen LogP contribution >= 0.6 is 10.7 Å². The second kappa shape index (κ2) is 5.34. The molecule has 2 aromatic rings. The molecule has 0 unspecified atom stereocenters. The van der Waals surface area contributed by atoms with E-state index >= 15 is 0 Å². The molecule has 1 aromatic carbocycles. The van der Waals surface area contributed by atoms with Crippen molar-refractivity contribution in [1.29, 1.82) is 0 Å². The fourth-order valence-electron chi connectivity index (χ4n) is 1.89. The van der Waals surface area contributed by atoms with Gasteiger partial charge in [0.05, 0.1) is 5.52 Å². The third-order valence-electron chi connectivity index (χ3n) is 2.65. The van der Waals surface area contributed by atoms with E-state index in [1.165, 1.54) is 10.6 Å². The molecule has 0 bridgehead atoms. The van der Waals surface area contributed by atoms with Crippen LogP contribution in [0.15, 0.2) is 29.3 Å². The number of hydrogen-bond donors (Lipinski definition) is 2. The summed E-state index contributed by atoms with van der Waals surface area (Å²) in [6.07, 6.45) is 1.09. The van der Waals surface area contributed by atoms with Crippen molar-refractivity contribution in [3.05, 3.63) is 30.2 Å². The van der Waals surface area contributed by atoms with E-state index in [4.69, 9.17) is 16.4 Å². The number of primary amides is 1. The Labute approximate surface area is 122 Å². The van der Waals surface area contributed by atoms with E-state index in [-0.39, 0.29) is 22.3 Å². The second-order valence-corrected chi connectivity index (χ2v) is 6.67. The normalized spacial score (nSPS) is 11.5. The maximum Gasteiger partial charge on any atom is 0.318 e. The molecule has 112 valence electrons. The quantitative estimate of drug-likeness (QED) is 0.813. The van der Waals surface area contributed by atoms with Crippen LogP contribution in [0.25, 0.3) is 10.9 Å². The average molecular weight is 334 g/mol. The first kappa shape index (κ1) is 15.3. The molecule has 3 amide bonds. The number of nitrogens with two attached hydrogens (primary N) is 1. The molecule has 1 aromatic heterocycles. The summed E-state index contributed by atoms with van der Waals surface area (Å²) >= 11 is 0. The Hall–Kier alpha value is -2.13. The van der Waals surface area contributed by atoms with E-state index in [0.717, 1.165) is 18.3 Å². The number of urea groups is 1. The fraction of sp³-hybridized carbons (Fsp3) is 0.0909. The number of imide groups is 1. The van der Waals surface area contributed by atoms with Gasteiger partial charge < -0.3 is 10.3 Å². The molecule has 7 nitrogen and oxygen atoms in total. The summed E-state index contributed by atoms with van der Waals surface area (Å²) in [6, 6.07) is 2.36. The van der Waals surface area contributed by atoms with Crippen molar-refractivity contribution in [1.82, 2.24) is 9.88 Å². The van der Waals surface area contributed by atoms with Crippen LogP contribution in [-0.4, -0.2) is 24.9 Å². The van der Waals surface area contributed by atoms with Crippen molar-refractivity contribution in [3.8, 4) is 0 Å². The van der Waals surface area contributed by atoms with Crippen LogP contribution in [0.4, 0.5) is 9.18 Å². The van der Waals surface area contributed by atoms with Crippen LogP contribution in [0.5, 0.6) is 0 Å². The van der Waals surface area contributed by atoms with Gasteiger partial charge in [0.2, 0.25) is 5.91 Å². The zero-order valence-electron chi connectivity index (χ0n) is 10.3. The summed E-state index contributed by atoms with van der Waals surface area (Å²) in [5, 5.41) is 1.88. The van der Waals surface area contributed by atoms with E-state index in [0.29, 0.717) is 0 Å². The number of benzene rings is 1. The van der Waals surface area contributed by atoms with Gasteiger partial charge in [0.15, 0.2) is 0 Å². The topological polar surface area (TPSA) is 111 Å². The number of amides is 3. The highest BCUT2D eigenvalue weighted by Gasteiger charge is 2.20. The molecular formula is C11H9ClFN3O4S. The number of hydrogen-bond acceptors (Lipinski definition) is 4. The van der Waals surface area contributed by atoms with Crippen LogP contribution < -0.4 is 11.1 Å². The van der Waals surface area contributed by atoms with Crippen molar-refractivity contribution >= 4 is 42.6 Å². The Kier molecular flexibility index (Phi) is 3.88. The first-order valence-electron chi connectivity index (χ1n) is 5.51. The fourth-order valence-corrected chi connectivity index (χ4v) is 2.94. The molecule has 0 saturated heterocycles. The Morgan fingerprint density at radius 3 is 2.62 bits per heavy atom. The standard InChI is InChI=1S/C11H9ClFN3O4S/c12-21(19,20)9-4-16(5-10(17)15-11(14)18)8-2-1-6(13)3-7(8)9/h1-4H,5H2,(H3,14,15,17,18). The van der Waals surface area contributed by atoms with E-state index in [1.807, 2.05) is 5.32 Å². The smallest absolute Gasteiger partial charge is 0.318 e. The molecule has 0 radical (unpaired) electrons. The van der Waals surface area contributed by atoms with Crippen LogP contribution in [-0.2, 0) is 20.4 Å². The molecule has 0 atom stereocenters. The molecule has 0 spiro atoms. The highest BCUT2D eigenvalue weighted by atomic mass is 35.7. The Morgan fingerprint density at radius 1 is 1.38 bits per heavy atom. The third kappa shape index (κ3) is 3.31. The minimum atomic E-state index is -4.12. The van der Waals surface area contributed by atoms with Gasteiger partial charge >= 0.3 is 6.03 Å². The van der Waals surface area contributed by atoms with Crippen molar-refractivity contribution in [2.24, 2.45) is 5.73 Å². The molecule has 0 fully saturated rings. The molecule has 3 N–H and O–H groups in total.